The average molecular weight is 263 g/mol. The standard InChI is InChI=1S/C12H16Cl2O2/c1-3-12(2,16)11(15)7-8-6-9(13)4-5-10(8)14/h4-6,11,15-16H,3,7H2,1-2H3. The summed E-state index contributed by atoms with van der Waals surface area (Å²) in [7, 11) is 0. The molecule has 0 aliphatic heterocycles. The van der Waals surface area contributed by atoms with Crippen LogP contribution in [0.2, 0.25) is 10.0 Å². The Kier molecular flexibility index (Phi) is 4.62. The van der Waals surface area contributed by atoms with E-state index in [0.29, 0.717) is 22.9 Å². The van der Waals surface area contributed by atoms with Gasteiger partial charge in [0.05, 0.1) is 11.7 Å². The fourth-order valence-electron chi connectivity index (χ4n) is 1.36. The Morgan fingerprint density at radius 1 is 1.38 bits per heavy atom. The van der Waals surface area contributed by atoms with Crippen molar-refractivity contribution in [3.63, 3.8) is 0 Å². The molecule has 2 atom stereocenters. The van der Waals surface area contributed by atoms with Gasteiger partial charge in [-0.2, -0.15) is 0 Å². The Labute approximate surface area is 106 Å². The van der Waals surface area contributed by atoms with Gasteiger partial charge in [-0.1, -0.05) is 30.1 Å². The number of aliphatic hydroxyl groups is 2. The van der Waals surface area contributed by atoms with Crippen LogP contribution in [0.1, 0.15) is 25.8 Å². The third-order valence-electron chi connectivity index (χ3n) is 2.85. The molecule has 1 aromatic carbocycles. The molecule has 0 radical (unpaired) electrons. The van der Waals surface area contributed by atoms with Crippen LogP contribution < -0.4 is 0 Å². The van der Waals surface area contributed by atoms with Gasteiger partial charge >= 0.3 is 0 Å². The molecule has 16 heavy (non-hydrogen) atoms. The van der Waals surface area contributed by atoms with Crippen molar-refractivity contribution in [2.24, 2.45) is 0 Å². The molecule has 0 heterocycles. The summed E-state index contributed by atoms with van der Waals surface area (Å²) >= 11 is 11.8. The smallest absolute Gasteiger partial charge is 0.0878 e. The van der Waals surface area contributed by atoms with Crippen LogP contribution >= 0.6 is 23.2 Å². The van der Waals surface area contributed by atoms with E-state index in [-0.39, 0.29) is 0 Å². The summed E-state index contributed by atoms with van der Waals surface area (Å²) in [4.78, 5) is 0. The van der Waals surface area contributed by atoms with E-state index in [2.05, 4.69) is 0 Å². The zero-order valence-corrected chi connectivity index (χ0v) is 10.9. The molecule has 0 saturated heterocycles. The van der Waals surface area contributed by atoms with Crippen LogP contribution in [-0.2, 0) is 6.42 Å². The average Bonchev–Trinajstić information content (AvgIpc) is 2.23. The first-order chi connectivity index (χ1) is 7.36. The van der Waals surface area contributed by atoms with Gasteiger partial charge in [-0.25, -0.2) is 0 Å². The minimum Gasteiger partial charge on any atom is -0.390 e. The summed E-state index contributed by atoms with van der Waals surface area (Å²) in [5, 5.41) is 20.9. The van der Waals surface area contributed by atoms with Crippen molar-refractivity contribution in [2.75, 3.05) is 0 Å². The van der Waals surface area contributed by atoms with Gasteiger partial charge in [0.2, 0.25) is 0 Å². The van der Waals surface area contributed by atoms with Crippen LogP contribution in [0.25, 0.3) is 0 Å². The maximum atomic E-state index is 9.89. The highest BCUT2D eigenvalue weighted by atomic mass is 35.5. The molecule has 0 aliphatic rings. The fourth-order valence-corrected chi connectivity index (χ4v) is 1.75. The van der Waals surface area contributed by atoms with Gasteiger partial charge in [-0.05, 0) is 37.1 Å². The van der Waals surface area contributed by atoms with Crippen molar-refractivity contribution in [3.05, 3.63) is 33.8 Å². The first kappa shape index (κ1) is 13.8. The summed E-state index contributed by atoms with van der Waals surface area (Å²) in [5.74, 6) is 0. The Balaban J connectivity index is 2.84. The summed E-state index contributed by atoms with van der Waals surface area (Å²) in [6.07, 6.45) is -0.0829. The highest BCUT2D eigenvalue weighted by molar-refractivity contribution is 6.33. The van der Waals surface area contributed by atoms with Crippen molar-refractivity contribution >= 4 is 23.2 Å². The van der Waals surface area contributed by atoms with Crippen LogP contribution in [0.5, 0.6) is 0 Å². The zero-order valence-electron chi connectivity index (χ0n) is 9.37. The third kappa shape index (κ3) is 3.36. The van der Waals surface area contributed by atoms with E-state index in [4.69, 9.17) is 23.2 Å². The fraction of sp³-hybridized carbons (Fsp3) is 0.500. The Hall–Kier alpha value is -0.280. The lowest BCUT2D eigenvalue weighted by atomic mass is 9.91. The van der Waals surface area contributed by atoms with Crippen LogP contribution in [0, 0.1) is 0 Å². The molecule has 90 valence electrons. The van der Waals surface area contributed by atoms with Crippen LogP contribution in [-0.4, -0.2) is 21.9 Å². The Bertz CT molecular complexity index is 364. The molecule has 0 spiro atoms. The summed E-state index contributed by atoms with van der Waals surface area (Å²) in [6.45, 7) is 3.43. The zero-order chi connectivity index (χ0) is 12.3. The highest BCUT2D eigenvalue weighted by Crippen LogP contribution is 2.25. The summed E-state index contributed by atoms with van der Waals surface area (Å²) in [5.41, 5.74) is -0.360. The monoisotopic (exact) mass is 262 g/mol. The normalized spacial score (nSPS) is 16.9. The first-order valence-electron chi connectivity index (χ1n) is 5.21. The molecule has 0 amide bonds. The largest absolute Gasteiger partial charge is 0.390 e. The first-order valence-corrected chi connectivity index (χ1v) is 5.96. The van der Waals surface area contributed by atoms with Gasteiger partial charge in [0.15, 0.2) is 0 Å². The van der Waals surface area contributed by atoms with E-state index >= 15 is 0 Å². The molecule has 2 unspecified atom stereocenters. The molecule has 1 aromatic rings. The summed E-state index contributed by atoms with van der Waals surface area (Å²) in [6, 6.07) is 5.09. The number of benzene rings is 1. The summed E-state index contributed by atoms with van der Waals surface area (Å²) < 4.78 is 0. The third-order valence-corrected chi connectivity index (χ3v) is 3.46. The van der Waals surface area contributed by atoms with Crippen molar-refractivity contribution in [1.29, 1.82) is 0 Å². The molecule has 0 aliphatic carbocycles. The predicted octanol–water partition coefficient (Wildman–Crippen LogP) is 3.06. The van der Waals surface area contributed by atoms with Gasteiger partial charge in [-0.15, -0.1) is 0 Å². The number of rotatable bonds is 4. The van der Waals surface area contributed by atoms with Crippen molar-refractivity contribution in [2.45, 2.75) is 38.4 Å². The Morgan fingerprint density at radius 3 is 2.56 bits per heavy atom. The molecule has 0 bridgehead atoms. The molecule has 2 nitrogen and oxygen atoms in total. The van der Waals surface area contributed by atoms with Gasteiger partial charge in [0.25, 0.3) is 0 Å². The topological polar surface area (TPSA) is 40.5 Å². The lowest BCUT2D eigenvalue weighted by molar-refractivity contribution is -0.0629. The number of hydrogen-bond acceptors (Lipinski definition) is 2. The van der Waals surface area contributed by atoms with Gasteiger partial charge in [0.1, 0.15) is 0 Å². The van der Waals surface area contributed by atoms with E-state index in [1.54, 1.807) is 25.1 Å². The van der Waals surface area contributed by atoms with E-state index in [9.17, 15) is 10.2 Å². The van der Waals surface area contributed by atoms with E-state index < -0.39 is 11.7 Å². The predicted molar refractivity (Wildman–Crippen MR) is 67.1 cm³/mol. The highest BCUT2D eigenvalue weighted by Gasteiger charge is 2.28. The second-order valence-electron chi connectivity index (χ2n) is 4.17. The molecule has 2 N–H and O–H groups in total. The maximum Gasteiger partial charge on any atom is 0.0878 e. The van der Waals surface area contributed by atoms with Crippen molar-refractivity contribution < 1.29 is 10.2 Å². The van der Waals surface area contributed by atoms with Crippen molar-refractivity contribution in [3.8, 4) is 0 Å². The number of halogens is 2. The number of aliphatic hydroxyl groups excluding tert-OH is 1. The quantitative estimate of drug-likeness (QED) is 0.876. The van der Waals surface area contributed by atoms with Gasteiger partial charge < -0.3 is 10.2 Å². The molecular weight excluding hydrogens is 247 g/mol. The van der Waals surface area contributed by atoms with Crippen LogP contribution in [0.4, 0.5) is 0 Å². The van der Waals surface area contributed by atoms with E-state index in [1.807, 2.05) is 6.92 Å². The SMILES string of the molecule is CCC(C)(O)C(O)Cc1cc(Cl)ccc1Cl. The van der Waals surface area contributed by atoms with Crippen molar-refractivity contribution in [1.82, 2.24) is 0 Å². The lowest BCUT2D eigenvalue weighted by Gasteiger charge is -2.28. The molecule has 4 heteroatoms. The molecule has 1 rings (SSSR count). The molecule has 0 saturated carbocycles. The van der Waals surface area contributed by atoms with E-state index in [1.165, 1.54) is 0 Å². The van der Waals surface area contributed by atoms with Crippen LogP contribution in [0.3, 0.4) is 0 Å². The second-order valence-corrected chi connectivity index (χ2v) is 5.01. The molecule has 0 fully saturated rings. The second kappa shape index (κ2) is 5.37. The van der Waals surface area contributed by atoms with Crippen LogP contribution in [0.15, 0.2) is 18.2 Å². The van der Waals surface area contributed by atoms with Gasteiger partial charge in [-0.3, -0.25) is 0 Å². The molecular formula is C12H16Cl2O2. The Morgan fingerprint density at radius 2 is 2.00 bits per heavy atom. The number of hydrogen-bond donors (Lipinski definition) is 2. The minimum absolute atomic E-state index is 0.292. The van der Waals surface area contributed by atoms with E-state index in [0.717, 1.165) is 5.56 Å². The minimum atomic E-state index is -1.11. The molecule has 0 aromatic heterocycles. The maximum absolute atomic E-state index is 9.89. The van der Waals surface area contributed by atoms with Gasteiger partial charge in [0, 0.05) is 16.5 Å². The lowest BCUT2D eigenvalue weighted by Crippen LogP contribution is -2.40.